The average molecular weight is 242 g/mol. The summed E-state index contributed by atoms with van der Waals surface area (Å²) in [5.74, 6) is 0.615. The monoisotopic (exact) mass is 242 g/mol. The molecule has 0 spiro atoms. The fourth-order valence-electron chi connectivity index (χ4n) is 2.69. The molecular formula is C13H26N2O2. The second-order valence-corrected chi connectivity index (χ2v) is 5.21. The molecule has 1 aliphatic rings. The van der Waals surface area contributed by atoms with Crippen molar-refractivity contribution in [2.75, 3.05) is 33.9 Å². The molecule has 0 saturated carbocycles. The third-order valence-corrected chi connectivity index (χ3v) is 3.64. The summed E-state index contributed by atoms with van der Waals surface area (Å²) in [6.07, 6.45) is 2.93. The Hall–Kier alpha value is -0.610. The number of ether oxygens (including phenoxy) is 1. The van der Waals surface area contributed by atoms with Gasteiger partial charge in [-0.3, -0.25) is 4.79 Å². The minimum atomic E-state index is -0.304. The minimum Gasteiger partial charge on any atom is -0.384 e. The van der Waals surface area contributed by atoms with Crippen molar-refractivity contribution in [2.45, 2.75) is 38.6 Å². The van der Waals surface area contributed by atoms with E-state index in [-0.39, 0.29) is 11.4 Å². The lowest BCUT2D eigenvalue weighted by Gasteiger charge is -2.33. The Morgan fingerprint density at radius 3 is 2.76 bits per heavy atom. The number of hydrogen-bond acceptors (Lipinski definition) is 3. The van der Waals surface area contributed by atoms with Gasteiger partial charge in [-0.1, -0.05) is 13.8 Å². The molecule has 0 radical (unpaired) electrons. The van der Waals surface area contributed by atoms with E-state index in [0.29, 0.717) is 12.5 Å². The molecule has 1 amide bonds. The molecule has 0 unspecified atom stereocenters. The fourth-order valence-corrected chi connectivity index (χ4v) is 2.69. The van der Waals surface area contributed by atoms with E-state index in [9.17, 15) is 4.79 Å². The van der Waals surface area contributed by atoms with Crippen LogP contribution in [0.25, 0.3) is 0 Å². The number of methoxy groups -OCH3 is 1. The van der Waals surface area contributed by atoms with Gasteiger partial charge in [0.2, 0.25) is 5.91 Å². The predicted molar refractivity (Wildman–Crippen MR) is 68.9 cm³/mol. The third-order valence-electron chi connectivity index (χ3n) is 3.64. The highest BCUT2D eigenvalue weighted by Crippen LogP contribution is 2.25. The number of amides is 1. The molecule has 1 N–H and O–H groups in total. The topological polar surface area (TPSA) is 41.6 Å². The van der Waals surface area contributed by atoms with E-state index >= 15 is 0 Å². The summed E-state index contributed by atoms with van der Waals surface area (Å²) in [5, 5.41) is 3.38. The van der Waals surface area contributed by atoms with Crippen LogP contribution in [0, 0.1) is 5.92 Å². The standard InChI is InChI=1S/C13H26N2O2/c1-5-13(7-6-8-14-13)12(16)15(3)9-11(2)10-17-4/h11,14H,5-10H2,1-4H3/t11-,13+/m1/s1. The zero-order chi connectivity index (χ0) is 12.9. The first-order valence-corrected chi connectivity index (χ1v) is 6.55. The molecule has 100 valence electrons. The molecule has 1 fully saturated rings. The number of hydrogen-bond donors (Lipinski definition) is 1. The maximum Gasteiger partial charge on any atom is 0.242 e. The third kappa shape index (κ3) is 3.42. The molecule has 0 aromatic rings. The summed E-state index contributed by atoms with van der Waals surface area (Å²) in [4.78, 5) is 14.3. The molecule has 0 bridgehead atoms. The van der Waals surface area contributed by atoms with E-state index in [1.807, 2.05) is 11.9 Å². The molecule has 0 aliphatic carbocycles. The van der Waals surface area contributed by atoms with E-state index in [1.54, 1.807) is 7.11 Å². The number of carbonyl (C=O) groups excluding carboxylic acids is 1. The van der Waals surface area contributed by atoms with Crippen LogP contribution in [0.1, 0.15) is 33.1 Å². The first-order valence-electron chi connectivity index (χ1n) is 6.55. The van der Waals surface area contributed by atoms with Crippen molar-refractivity contribution in [2.24, 2.45) is 5.92 Å². The Balaban J connectivity index is 2.55. The van der Waals surface area contributed by atoms with Crippen molar-refractivity contribution in [1.82, 2.24) is 10.2 Å². The summed E-state index contributed by atoms with van der Waals surface area (Å²) in [7, 11) is 3.59. The van der Waals surface area contributed by atoms with Crippen LogP contribution < -0.4 is 5.32 Å². The largest absolute Gasteiger partial charge is 0.384 e. The van der Waals surface area contributed by atoms with Gasteiger partial charge in [-0.15, -0.1) is 0 Å². The van der Waals surface area contributed by atoms with E-state index in [2.05, 4.69) is 19.2 Å². The van der Waals surface area contributed by atoms with Crippen molar-refractivity contribution >= 4 is 5.91 Å². The highest BCUT2D eigenvalue weighted by atomic mass is 16.5. The summed E-state index contributed by atoms with van der Waals surface area (Å²) in [6.45, 7) is 6.61. The Morgan fingerprint density at radius 2 is 2.29 bits per heavy atom. The van der Waals surface area contributed by atoms with Crippen LogP contribution in [-0.2, 0) is 9.53 Å². The Bertz CT molecular complexity index is 250. The van der Waals surface area contributed by atoms with Crippen molar-refractivity contribution in [3.8, 4) is 0 Å². The van der Waals surface area contributed by atoms with Crippen LogP contribution in [0.3, 0.4) is 0 Å². The summed E-state index contributed by atoms with van der Waals surface area (Å²) >= 11 is 0. The number of nitrogens with zero attached hydrogens (tertiary/aromatic N) is 1. The Morgan fingerprint density at radius 1 is 1.59 bits per heavy atom. The Labute approximate surface area is 105 Å². The lowest BCUT2D eigenvalue weighted by atomic mass is 9.92. The van der Waals surface area contributed by atoms with Gasteiger partial charge in [0.25, 0.3) is 0 Å². The van der Waals surface area contributed by atoms with Gasteiger partial charge >= 0.3 is 0 Å². The normalized spacial score (nSPS) is 25.9. The van der Waals surface area contributed by atoms with E-state index < -0.39 is 0 Å². The fraction of sp³-hybridized carbons (Fsp3) is 0.923. The highest BCUT2D eigenvalue weighted by Gasteiger charge is 2.40. The quantitative estimate of drug-likeness (QED) is 0.762. The van der Waals surface area contributed by atoms with Crippen molar-refractivity contribution in [1.29, 1.82) is 0 Å². The molecular weight excluding hydrogens is 216 g/mol. The maximum atomic E-state index is 12.5. The highest BCUT2D eigenvalue weighted by molar-refractivity contribution is 5.86. The number of likely N-dealkylation sites (N-methyl/N-ethyl adjacent to an activating group) is 1. The minimum absolute atomic E-state index is 0.237. The van der Waals surface area contributed by atoms with Crippen molar-refractivity contribution in [3.63, 3.8) is 0 Å². The van der Waals surface area contributed by atoms with Gasteiger partial charge in [-0.25, -0.2) is 0 Å². The van der Waals surface area contributed by atoms with Gasteiger partial charge in [0, 0.05) is 20.7 Å². The molecule has 1 aliphatic heterocycles. The van der Waals surface area contributed by atoms with E-state index in [1.165, 1.54) is 0 Å². The van der Waals surface area contributed by atoms with Crippen LogP contribution in [0.2, 0.25) is 0 Å². The molecule has 1 heterocycles. The van der Waals surface area contributed by atoms with E-state index in [0.717, 1.165) is 32.4 Å². The summed E-state index contributed by atoms with van der Waals surface area (Å²) in [6, 6.07) is 0. The van der Waals surface area contributed by atoms with Crippen molar-refractivity contribution < 1.29 is 9.53 Å². The second kappa shape index (κ2) is 6.36. The molecule has 2 atom stereocenters. The SMILES string of the molecule is CC[C@@]1(C(=O)N(C)C[C@@H](C)COC)CCCN1. The zero-order valence-electron chi connectivity index (χ0n) is 11.6. The van der Waals surface area contributed by atoms with E-state index in [4.69, 9.17) is 4.74 Å². The number of rotatable bonds is 6. The first-order chi connectivity index (χ1) is 8.05. The van der Waals surface area contributed by atoms with Gasteiger partial charge in [-0.05, 0) is 31.7 Å². The molecule has 4 heteroatoms. The first kappa shape index (κ1) is 14.5. The smallest absolute Gasteiger partial charge is 0.242 e. The maximum absolute atomic E-state index is 12.5. The average Bonchev–Trinajstić information content (AvgIpc) is 2.78. The molecule has 1 rings (SSSR count). The van der Waals surface area contributed by atoms with Crippen LogP contribution >= 0.6 is 0 Å². The molecule has 0 aromatic heterocycles. The van der Waals surface area contributed by atoms with Gasteiger partial charge in [0.05, 0.1) is 12.1 Å². The summed E-state index contributed by atoms with van der Waals surface area (Å²) in [5.41, 5.74) is -0.304. The van der Waals surface area contributed by atoms with Gasteiger partial charge in [0.15, 0.2) is 0 Å². The number of nitrogens with one attached hydrogen (secondary N) is 1. The van der Waals surface area contributed by atoms with Crippen LogP contribution in [0.15, 0.2) is 0 Å². The van der Waals surface area contributed by atoms with Crippen LogP contribution in [-0.4, -0.2) is 50.2 Å². The lowest BCUT2D eigenvalue weighted by molar-refractivity contribution is -0.137. The molecule has 17 heavy (non-hydrogen) atoms. The Kier molecular flexibility index (Phi) is 5.40. The molecule has 1 saturated heterocycles. The van der Waals surface area contributed by atoms with Crippen molar-refractivity contribution in [3.05, 3.63) is 0 Å². The van der Waals surface area contributed by atoms with Gasteiger partial charge in [0.1, 0.15) is 0 Å². The van der Waals surface area contributed by atoms with Crippen LogP contribution in [0.5, 0.6) is 0 Å². The number of carbonyl (C=O) groups is 1. The predicted octanol–water partition coefficient (Wildman–Crippen LogP) is 1.26. The molecule has 4 nitrogen and oxygen atoms in total. The zero-order valence-corrected chi connectivity index (χ0v) is 11.6. The second-order valence-electron chi connectivity index (χ2n) is 5.21. The summed E-state index contributed by atoms with van der Waals surface area (Å²) < 4.78 is 5.11. The molecule has 0 aromatic carbocycles. The lowest BCUT2D eigenvalue weighted by Crippen LogP contribution is -2.54. The van der Waals surface area contributed by atoms with Crippen LogP contribution in [0.4, 0.5) is 0 Å². The van der Waals surface area contributed by atoms with Gasteiger partial charge < -0.3 is 15.0 Å². The van der Waals surface area contributed by atoms with Gasteiger partial charge in [-0.2, -0.15) is 0 Å².